The van der Waals surface area contributed by atoms with Crippen LogP contribution in [0, 0.1) is 41.4 Å². The predicted octanol–water partition coefficient (Wildman–Crippen LogP) is 3.71. The third-order valence-electron chi connectivity index (χ3n) is 9.05. The van der Waals surface area contributed by atoms with Gasteiger partial charge in [-0.1, -0.05) is 96.9 Å². The first-order valence-electron chi connectivity index (χ1n) is 20.3. The molecule has 2 saturated heterocycles. The predicted molar refractivity (Wildman–Crippen MR) is 204 cm³/mol. The van der Waals surface area contributed by atoms with Gasteiger partial charge in [0.05, 0.1) is 41.4 Å². The summed E-state index contributed by atoms with van der Waals surface area (Å²) in [6, 6.07) is 0. The molecule has 2 fully saturated rings. The molecule has 2 aliphatic rings. The van der Waals surface area contributed by atoms with Crippen LogP contribution in [-0.2, 0) is 85.7 Å². The van der Waals surface area contributed by atoms with Crippen LogP contribution in [0.3, 0.4) is 0 Å². The largest absolute Gasteiger partial charge is 0.463 e. The van der Waals surface area contributed by atoms with Crippen molar-refractivity contribution in [2.24, 2.45) is 41.4 Å². The number of esters is 7. The normalized spacial score (nSPS) is 27.2. The molecule has 0 aromatic carbocycles. The van der Waals surface area contributed by atoms with Crippen LogP contribution >= 0.6 is 0 Å². The van der Waals surface area contributed by atoms with Crippen LogP contribution in [0.1, 0.15) is 96.9 Å². The molecule has 5 unspecified atom stereocenters. The molecule has 18 nitrogen and oxygen atoms in total. The molecule has 0 saturated carbocycles. The molecule has 338 valence electrons. The van der Waals surface area contributed by atoms with E-state index in [1.807, 2.05) is 0 Å². The zero-order chi connectivity index (χ0) is 45.0. The van der Waals surface area contributed by atoms with Crippen LogP contribution in [0.25, 0.3) is 0 Å². The van der Waals surface area contributed by atoms with Gasteiger partial charge < -0.3 is 52.1 Å². The van der Waals surface area contributed by atoms with E-state index in [1.54, 1.807) is 96.9 Å². The van der Waals surface area contributed by atoms with Gasteiger partial charge in [0.1, 0.15) is 31.5 Å². The van der Waals surface area contributed by atoms with E-state index in [1.165, 1.54) is 7.11 Å². The second-order valence-electron chi connectivity index (χ2n) is 16.8. The maximum Gasteiger partial charge on any atom is 0.308 e. The highest BCUT2D eigenvalue weighted by atomic mass is 16.8. The van der Waals surface area contributed by atoms with Gasteiger partial charge in [-0.25, -0.2) is 0 Å². The number of rotatable bonds is 19. The van der Waals surface area contributed by atoms with Crippen molar-refractivity contribution < 1.29 is 85.7 Å². The lowest BCUT2D eigenvalue weighted by atomic mass is 9.95. The molecule has 0 aromatic rings. The number of carbonyl (C=O) groups is 7. The minimum Gasteiger partial charge on any atom is -0.463 e. The molecule has 0 aromatic heterocycles. The van der Waals surface area contributed by atoms with Gasteiger partial charge in [-0.05, 0) is 0 Å². The van der Waals surface area contributed by atoms with E-state index < -0.39 is 158 Å². The van der Waals surface area contributed by atoms with E-state index in [0.29, 0.717) is 0 Å². The summed E-state index contributed by atoms with van der Waals surface area (Å²) >= 11 is 0. The monoisotopic (exact) mass is 846 g/mol. The summed E-state index contributed by atoms with van der Waals surface area (Å²) in [6.07, 6.45) is -15.5. The molecule has 0 amide bonds. The van der Waals surface area contributed by atoms with E-state index in [-0.39, 0.29) is 0 Å². The van der Waals surface area contributed by atoms with E-state index in [4.69, 9.17) is 52.1 Å². The molecule has 0 aliphatic carbocycles. The average Bonchev–Trinajstić information content (AvgIpc) is 3.15. The van der Waals surface area contributed by atoms with Crippen molar-refractivity contribution in [2.45, 2.75) is 158 Å². The molecular weight excluding hydrogens is 780 g/mol. The van der Waals surface area contributed by atoms with Crippen LogP contribution in [0.4, 0.5) is 0 Å². The molecule has 0 radical (unpaired) electrons. The summed E-state index contributed by atoms with van der Waals surface area (Å²) in [5.74, 6) is -9.73. The van der Waals surface area contributed by atoms with E-state index >= 15 is 0 Å². The molecule has 2 rings (SSSR count). The first-order chi connectivity index (χ1) is 27.4. The molecule has 18 heteroatoms. The Balaban J connectivity index is 2.96. The highest BCUT2D eigenvalue weighted by Crippen LogP contribution is 2.36. The Morgan fingerprint density at radius 3 is 0.983 bits per heavy atom. The zero-order valence-electron chi connectivity index (χ0n) is 37.1. The smallest absolute Gasteiger partial charge is 0.308 e. The molecule has 0 bridgehead atoms. The highest BCUT2D eigenvalue weighted by molar-refractivity contribution is 5.75. The lowest BCUT2D eigenvalue weighted by Crippen LogP contribution is -2.67. The summed E-state index contributed by atoms with van der Waals surface area (Å²) < 4.78 is 65.6. The maximum absolute atomic E-state index is 13.5. The third-order valence-corrected chi connectivity index (χ3v) is 9.05. The minimum atomic E-state index is -1.81. The van der Waals surface area contributed by atoms with Crippen molar-refractivity contribution in [3.8, 4) is 0 Å². The Labute approximate surface area is 347 Å². The van der Waals surface area contributed by atoms with Gasteiger partial charge in [-0.2, -0.15) is 0 Å². The lowest BCUT2D eigenvalue weighted by Gasteiger charge is -2.49. The summed E-state index contributed by atoms with van der Waals surface area (Å²) in [4.78, 5) is 92.2. The van der Waals surface area contributed by atoms with Gasteiger partial charge in [0.15, 0.2) is 43.1 Å². The first kappa shape index (κ1) is 51.3. The van der Waals surface area contributed by atoms with Gasteiger partial charge >= 0.3 is 41.8 Å². The van der Waals surface area contributed by atoms with Crippen LogP contribution in [0.15, 0.2) is 0 Å². The second-order valence-corrected chi connectivity index (χ2v) is 16.8. The molecule has 2 aliphatic heterocycles. The van der Waals surface area contributed by atoms with Crippen molar-refractivity contribution in [1.29, 1.82) is 0 Å². The summed E-state index contributed by atoms with van der Waals surface area (Å²) in [5.41, 5.74) is 0. The molecule has 2 heterocycles. The Morgan fingerprint density at radius 2 is 0.644 bits per heavy atom. The van der Waals surface area contributed by atoms with Gasteiger partial charge in [0.2, 0.25) is 0 Å². The Kier molecular flexibility index (Phi) is 20.2. The molecule has 10 atom stereocenters. The Morgan fingerprint density at radius 1 is 0.373 bits per heavy atom. The number of hydrogen-bond acceptors (Lipinski definition) is 18. The van der Waals surface area contributed by atoms with Gasteiger partial charge in [-0.15, -0.1) is 0 Å². The van der Waals surface area contributed by atoms with Crippen molar-refractivity contribution >= 4 is 41.8 Å². The Bertz CT molecular complexity index is 1440. The van der Waals surface area contributed by atoms with Gasteiger partial charge in [0.25, 0.3) is 0 Å². The number of methoxy groups -OCH3 is 1. The molecular formula is C41H66O18. The first-order valence-corrected chi connectivity index (χ1v) is 20.3. The Hall–Kier alpha value is -3.87. The SMILES string of the molecule is COC1OC(COC(=O)C(C)C)[C@@H](O[C@@H]2OC(COC(=O)C(C)C)[C@H](OC(=O)C(C)C)[C@H](OC(=O)C(C)C)C2OC(=O)C(C)C)[C@H](OC(=O)C(C)C)C1OC(=O)C(C)C. The van der Waals surface area contributed by atoms with E-state index in [0.717, 1.165) is 0 Å². The van der Waals surface area contributed by atoms with Crippen molar-refractivity contribution in [2.75, 3.05) is 20.3 Å². The van der Waals surface area contributed by atoms with Gasteiger partial charge in [-0.3, -0.25) is 33.6 Å². The van der Waals surface area contributed by atoms with Crippen molar-refractivity contribution in [3.05, 3.63) is 0 Å². The topological polar surface area (TPSA) is 221 Å². The minimum absolute atomic E-state index is 0.513. The van der Waals surface area contributed by atoms with Crippen LogP contribution < -0.4 is 0 Å². The van der Waals surface area contributed by atoms with Crippen molar-refractivity contribution in [3.63, 3.8) is 0 Å². The lowest BCUT2D eigenvalue weighted by molar-refractivity contribution is -0.360. The van der Waals surface area contributed by atoms with E-state index in [2.05, 4.69) is 0 Å². The van der Waals surface area contributed by atoms with Crippen LogP contribution in [-0.4, -0.2) is 124 Å². The van der Waals surface area contributed by atoms with Gasteiger partial charge in [0, 0.05) is 7.11 Å². The molecule has 0 N–H and O–H groups in total. The zero-order valence-corrected chi connectivity index (χ0v) is 37.1. The standard InChI is InChI=1S/C41H66O18/c1-18(2)33(42)50-16-25-27(54-35(44)20(5)6)29(55-36(45)21(7)8)32(58-39(48)24(13)14)41(53-25)59-28-26(17-51-34(43)19(3)4)52-40(49-15)31(57-38(47)23(11)12)30(28)56-37(46)22(9)10/h18-32,40-41H,16-17H2,1-15H3/t25?,26?,27-,28+,29-,30-,31?,32?,40?,41-/m0/s1. The summed E-state index contributed by atoms with van der Waals surface area (Å²) in [6.45, 7) is 21.0. The van der Waals surface area contributed by atoms with Crippen molar-refractivity contribution in [1.82, 2.24) is 0 Å². The fraction of sp³-hybridized carbons (Fsp3) is 0.829. The number of ether oxygens (including phenoxy) is 11. The summed E-state index contributed by atoms with van der Waals surface area (Å²) in [5, 5.41) is 0. The quantitative estimate of drug-likeness (QED) is 0.134. The van der Waals surface area contributed by atoms with E-state index in [9.17, 15) is 33.6 Å². The fourth-order valence-electron chi connectivity index (χ4n) is 5.32. The summed E-state index contributed by atoms with van der Waals surface area (Å²) in [7, 11) is 1.27. The number of hydrogen-bond donors (Lipinski definition) is 0. The molecule has 59 heavy (non-hydrogen) atoms. The fourth-order valence-corrected chi connectivity index (χ4v) is 5.32. The average molecular weight is 847 g/mol. The van der Waals surface area contributed by atoms with Crippen LogP contribution in [0.2, 0.25) is 0 Å². The van der Waals surface area contributed by atoms with Crippen LogP contribution in [0.5, 0.6) is 0 Å². The molecule has 0 spiro atoms. The third kappa shape index (κ3) is 14.7. The highest BCUT2D eigenvalue weighted by Gasteiger charge is 2.58. The second kappa shape index (κ2) is 23.2. The maximum atomic E-state index is 13.5. The number of carbonyl (C=O) groups excluding carboxylic acids is 7.